The van der Waals surface area contributed by atoms with Crippen LogP contribution in [0.4, 0.5) is 0 Å². The summed E-state index contributed by atoms with van der Waals surface area (Å²) in [5.41, 5.74) is 1.91. The van der Waals surface area contributed by atoms with E-state index in [1.165, 1.54) is 56.9 Å². The van der Waals surface area contributed by atoms with Gasteiger partial charge in [-0.25, -0.2) is 0 Å². The molecule has 4 fully saturated rings. The SMILES string of the molecule is OC(CC12CC3CC(CC(C3)C1)C2)C1=CCCC1. The zero-order valence-electron chi connectivity index (χ0n) is 11.4. The maximum atomic E-state index is 10.5. The molecule has 1 N–H and O–H groups in total. The van der Waals surface area contributed by atoms with Crippen LogP contribution in [0.3, 0.4) is 0 Å². The molecule has 0 saturated heterocycles. The van der Waals surface area contributed by atoms with Gasteiger partial charge in [-0.05, 0) is 93.0 Å². The van der Waals surface area contributed by atoms with Gasteiger partial charge in [0.15, 0.2) is 0 Å². The predicted octanol–water partition coefficient (Wildman–Crippen LogP) is 4.06. The van der Waals surface area contributed by atoms with E-state index in [0.29, 0.717) is 5.41 Å². The van der Waals surface area contributed by atoms with E-state index in [0.717, 1.165) is 30.6 Å². The molecule has 0 heterocycles. The van der Waals surface area contributed by atoms with Crippen molar-refractivity contribution in [1.29, 1.82) is 0 Å². The van der Waals surface area contributed by atoms with E-state index < -0.39 is 0 Å². The van der Waals surface area contributed by atoms with Crippen molar-refractivity contribution in [1.82, 2.24) is 0 Å². The molecule has 1 unspecified atom stereocenters. The Morgan fingerprint density at radius 1 is 1.11 bits per heavy atom. The minimum atomic E-state index is -0.108. The predicted molar refractivity (Wildman–Crippen MR) is 73.2 cm³/mol. The van der Waals surface area contributed by atoms with Crippen molar-refractivity contribution in [2.45, 2.75) is 70.3 Å². The van der Waals surface area contributed by atoms with Gasteiger partial charge >= 0.3 is 0 Å². The van der Waals surface area contributed by atoms with Crippen LogP contribution in [0.25, 0.3) is 0 Å². The van der Waals surface area contributed by atoms with Gasteiger partial charge in [0, 0.05) is 0 Å². The number of hydrogen-bond donors (Lipinski definition) is 1. The van der Waals surface area contributed by atoms with Crippen LogP contribution in [0.5, 0.6) is 0 Å². The third-order valence-corrected chi connectivity index (χ3v) is 6.30. The second-order valence-corrected chi connectivity index (χ2v) is 7.81. The highest BCUT2D eigenvalue weighted by Crippen LogP contribution is 2.61. The summed E-state index contributed by atoms with van der Waals surface area (Å²) in [5.74, 6) is 3.04. The van der Waals surface area contributed by atoms with Crippen molar-refractivity contribution < 1.29 is 5.11 Å². The van der Waals surface area contributed by atoms with Crippen LogP contribution < -0.4 is 0 Å². The van der Waals surface area contributed by atoms with E-state index >= 15 is 0 Å². The molecule has 4 bridgehead atoms. The topological polar surface area (TPSA) is 20.2 Å². The smallest absolute Gasteiger partial charge is 0.0755 e. The maximum Gasteiger partial charge on any atom is 0.0755 e. The van der Waals surface area contributed by atoms with Gasteiger partial charge < -0.3 is 5.11 Å². The van der Waals surface area contributed by atoms with Crippen molar-refractivity contribution >= 4 is 0 Å². The summed E-state index contributed by atoms with van der Waals surface area (Å²) in [5, 5.41) is 10.5. The van der Waals surface area contributed by atoms with Crippen molar-refractivity contribution in [3.63, 3.8) is 0 Å². The van der Waals surface area contributed by atoms with E-state index in [2.05, 4.69) is 6.08 Å². The quantitative estimate of drug-likeness (QED) is 0.744. The Bertz CT molecular complexity index is 333. The van der Waals surface area contributed by atoms with Gasteiger partial charge in [-0.1, -0.05) is 6.08 Å². The largest absolute Gasteiger partial charge is 0.389 e. The Morgan fingerprint density at radius 3 is 2.22 bits per heavy atom. The molecule has 0 aromatic rings. The fourth-order valence-electron chi connectivity index (χ4n) is 6.08. The summed E-state index contributed by atoms with van der Waals surface area (Å²) < 4.78 is 0. The van der Waals surface area contributed by atoms with E-state index in [1.54, 1.807) is 0 Å². The van der Waals surface area contributed by atoms with E-state index in [9.17, 15) is 5.11 Å². The summed E-state index contributed by atoms with van der Waals surface area (Å²) in [7, 11) is 0. The first-order valence-corrected chi connectivity index (χ1v) is 8.09. The Balaban J connectivity index is 1.50. The molecule has 0 radical (unpaired) electrons. The van der Waals surface area contributed by atoms with Gasteiger partial charge in [0.2, 0.25) is 0 Å². The summed E-state index contributed by atoms with van der Waals surface area (Å²) in [6.45, 7) is 0. The van der Waals surface area contributed by atoms with Crippen LogP contribution in [-0.2, 0) is 0 Å². The second kappa shape index (κ2) is 4.10. The minimum absolute atomic E-state index is 0.108. The number of hydrogen-bond acceptors (Lipinski definition) is 1. The minimum Gasteiger partial charge on any atom is -0.389 e. The van der Waals surface area contributed by atoms with Gasteiger partial charge in [-0.15, -0.1) is 0 Å². The standard InChI is InChI=1S/C17H26O/c18-16(15-3-1-2-4-15)11-17-8-12-5-13(9-17)7-14(6-12)10-17/h3,12-14,16,18H,1-2,4-11H2. The zero-order chi connectivity index (χ0) is 12.2. The van der Waals surface area contributed by atoms with Crippen molar-refractivity contribution in [3.8, 4) is 0 Å². The van der Waals surface area contributed by atoms with Crippen LogP contribution in [0.2, 0.25) is 0 Å². The zero-order valence-corrected chi connectivity index (χ0v) is 11.4. The number of aliphatic hydroxyl groups is 1. The molecule has 5 aliphatic rings. The molecular formula is C17H26O. The molecule has 1 atom stereocenters. The Hall–Kier alpha value is -0.300. The Kier molecular flexibility index (Phi) is 2.62. The fourth-order valence-corrected chi connectivity index (χ4v) is 6.08. The molecule has 18 heavy (non-hydrogen) atoms. The maximum absolute atomic E-state index is 10.5. The fraction of sp³-hybridized carbons (Fsp3) is 0.882. The third-order valence-electron chi connectivity index (χ3n) is 6.30. The van der Waals surface area contributed by atoms with Gasteiger partial charge in [0.25, 0.3) is 0 Å². The number of aliphatic hydroxyl groups excluding tert-OH is 1. The van der Waals surface area contributed by atoms with E-state index in [1.807, 2.05) is 0 Å². The molecule has 0 spiro atoms. The Morgan fingerprint density at radius 2 is 1.72 bits per heavy atom. The molecule has 1 heteroatoms. The van der Waals surface area contributed by atoms with Gasteiger partial charge in [0.05, 0.1) is 6.10 Å². The lowest BCUT2D eigenvalue weighted by Gasteiger charge is -2.57. The highest BCUT2D eigenvalue weighted by molar-refractivity contribution is 5.14. The van der Waals surface area contributed by atoms with Crippen LogP contribution in [-0.4, -0.2) is 11.2 Å². The Labute approximate surface area is 111 Å². The summed E-state index contributed by atoms with van der Waals surface area (Å²) in [4.78, 5) is 0. The highest BCUT2D eigenvalue weighted by Gasteiger charge is 2.51. The first-order chi connectivity index (χ1) is 8.72. The van der Waals surface area contributed by atoms with Gasteiger partial charge in [-0.3, -0.25) is 0 Å². The lowest BCUT2D eigenvalue weighted by molar-refractivity contribution is -0.0718. The van der Waals surface area contributed by atoms with E-state index in [4.69, 9.17) is 0 Å². The molecule has 1 nitrogen and oxygen atoms in total. The summed E-state index contributed by atoms with van der Waals surface area (Å²) in [6, 6.07) is 0. The molecule has 0 aromatic heterocycles. The average Bonchev–Trinajstić information content (AvgIpc) is 2.79. The molecule has 4 saturated carbocycles. The second-order valence-electron chi connectivity index (χ2n) is 7.81. The van der Waals surface area contributed by atoms with Crippen LogP contribution in [0.1, 0.15) is 64.2 Å². The molecule has 5 rings (SSSR count). The third kappa shape index (κ3) is 1.86. The summed E-state index contributed by atoms with van der Waals surface area (Å²) in [6.07, 6.45) is 15.8. The van der Waals surface area contributed by atoms with Crippen molar-refractivity contribution in [2.24, 2.45) is 23.2 Å². The normalized spacial score (nSPS) is 47.4. The first kappa shape index (κ1) is 11.5. The average molecular weight is 246 g/mol. The van der Waals surface area contributed by atoms with Crippen molar-refractivity contribution in [3.05, 3.63) is 11.6 Å². The lowest BCUT2D eigenvalue weighted by Crippen LogP contribution is -2.47. The highest BCUT2D eigenvalue weighted by atomic mass is 16.3. The molecule has 0 amide bonds. The van der Waals surface area contributed by atoms with Crippen molar-refractivity contribution in [2.75, 3.05) is 0 Å². The van der Waals surface area contributed by atoms with E-state index in [-0.39, 0.29) is 6.10 Å². The first-order valence-electron chi connectivity index (χ1n) is 8.09. The molecule has 0 aliphatic heterocycles. The molecule has 0 aromatic carbocycles. The molecule has 100 valence electrons. The van der Waals surface area contributed by atoms with Crippen LogP contribution in [0, 0.1) is 23.2 Å². The molecule has 5 aliphatic carbocycles. The number of allylic oxidation sites excluding steroid dienone is 1. The lowest BCUT2D eigenvalue weighted by atomic mass is 9.48. The monoisotopic (exact) mass is 246 g/mol. The summed E-state index contributed by atoms with van der Waals surface area (Å²) >= 11 is 0. The number of rotatable bonds is 3. The molecular weight excluding hydrogens is 220 g/mol. The van der Waals surface area contributed by atoms with Gasteiger partial charge in [0.1, 0.15) is 0 Å². The van der Waals surface area contributed by atoms with Crippen LogP contribution >= 0.6 is 0 Å². The van der Waals surface area contributed by atoms with Crippen LogP contribution in [0.15, 0.2) is 11.6 Å². The van der Waals surface area contributed by atoms with Gasteiger partial charge in [-0.2, -0.15) is 0 Å².